The van der Waals surface area contributed by atoms with Crippen LogP contribution in [0.1, 0.15) is 29.6 Å². The number of methoxy groups -OCH3 is 1. The van der Waals surface area contributed by atoms with Crippen LogP contribution < -0.4 is 5.32 Å². The molecule has 0 bridgehead atoms. The third-order valence-corrected chi connectivity index (χ3v) is 3.61. The molecule has 2 rings (SSSR count). The van der Waals surface area contributed by atoms with E-state index in [2.05, 4.69) is 16.1 Å². The van der Waals surface area contributed by atoms with Crippen molar-refractivity contribution in [1.29, 1.82) is 0 Å². The van der Waals surface area contributed by atoms with Crippen molar-refractivity contribution in [2.24, 2.45) is 5.92 Å². The van der Waals surface area contributed by atoms with Crippen LogP contribution in [0, 0.1) is 5.92 Å². The van der Waals surface area contributed by atoms with E-state index in [4.69, 9.17) is 11.6 Å². The van der Waals surface area contributed by atoms with Gasteiger partial charge in [-0.2, -0.15) is 0 Å². The maximum Gasteiger partial charge on any atom is 0.339 e. The summed E-state index contributed by atoms with van der Waals surface area (Å²) < 4.78 is 4.65. The lowest BCUT2D eigenvalue weighted by molar-refractivity contribution is -0.120. The molecule has 1 unspecified atom stereocenters. The molecular weight excluding hydrogens is 278 g/mol. The summed E-state index contributed by atoms with van der Waals surface area (Å²) in [5.74, 6) is -0.573. The number of hydrogen-bond acceptors (Lipinski definition) is 3. The summed E-state index contributed by atoms with van der Waals surface area (Å²) in [4.78, 5) is 23.7. The number of hydrogen-bond donors (Lipinski definition) is 1. The molecule has 0 saturated carbocycles. The van der Waals surface area contributed by atoms with E-state index in [0.29, 0.717) is 10.7 Å². The second-order valence-corrected chi connectivity index (χ2v) is 5.06. The van der Waals surface area contributed by atoms with E-state index in [1.807, 2.05) is 6.08 Å². The summed E-state index contributed by atoms with van der Waals surface area (Å²) in [7, 11) is 1.29. The van der Waals surface area contributed by atoms with Crippen molar-refractivity contribution in [1.82, 2.24) is 0 Å². The standard InChI is InChI=1S/C15H16ClNO3/c1-20-15(19)12-9-11(7-8-13(12)16)17-14(18)10-5-3-2-4-6-10/h2-3,7-10H,4-6H2,1H3,(H,17,18). The van der Waals surface area contributed by atoms with Crippen molar-refractivity contribution in [2.45, 2.75) is 19.3 Å². The van der Waals surface area contributed by atoms with E-state index in [-0.39, 0.29) is 17.4 Å². The van der Waals surface area contributed by atoms with Crippen LogP contribution in [0.3, 0.4) is 0 Å². The first-order chi connectivity index (χ1) is 9.61. The van der Waals surface area contributed by atoms with E-state index in [9.17, 15) is 9.59 Å². The average molecular weight is 294 g/mol. The van der Waals surface area contributed by atoms with Gasteiger partial charge in [0.1, 0.15) is 0 Å². The molecule has 1 aliphatic rings. The fourth-order valence-electron chi connectivity index (χ4n) is 2.15. The van der Waals surface area contributed by atoms with Crippen LogP contribution in [0.4, 0.5) is 5.69 Å². The normalized spacial score (nSPS) is 17.6. The van der Waals surface area contributed by atoms with Gasteiger partial charge in [0, 0.05) is 11.6 Å². The highest BCUT2D eigenvalue weighted by molar-refractivity contribution is 6.33. The molecule has 0 spiro atoms. The molecule has 1 amide bonds. The number of halogens is 1. The van der Waals surface area contributed by atoms with Gasteiger partial charge in [-0.25, -0.2) is 4.79 Å². The molecule has 1 atom stereocenters. The molecule has 0 heterocycles. The van der Waals surface area contributed by atoms with Crippen molar-refractivity contribution in [2.75, 3.05) is 12.4 Å². The van der Waals surface area contributed by atoms with Crippen molar-refractivity contribution in [3.05, 3.63) is 40.9 Å². The average Bonchev–Trinajstić information content (AvgIpc) is 2.49. The number of carbonyl (C=O) groups is 2. The van der Waals surface area contributed by atoms with E-state index in [1.54, 1.807) is 12.1 Å². The van der Waals surface area contributed by atoms with Crippen LogP contribution in [-0.4, -0.2) is 19.0 Å². The molecule has 1 aromatic rings. The molecule has 0 radical (unpaired) electrons. The Hall–Kier alpha value is -1.81. The fourth-order valence-corrected chi connectivity index (χ4v) is 2.34. The van der Waals surface area contributed by atoms with Gasteiger partial charge in [-0.05, 0) is 37.5 Å². The Bertz CT molecular complexity index is 554. The Kier molecular flexibility index (Phi) is 4.79. The van der Waals surface area contributed by atoms with Gasteiger partial charge in [0.15, 0.2) is 0 Å². The molecule has 1 aliphatic carbocycles. The highest BCUT2D eigenvalue weighted by Crippen LogP contribution is 2.24. The van der Waals surface area contributed by atoms with Crippen LogP contribution in [0.2, 0.25) is 5.02 Å². The Labute approximate surface area is 122 Å². The molecular formula is C15H16ClNO3. The van der Waals surface area contributed by atoms with Gasteiger partial charge >= 0.3 is 5.97 Å². The van der Waals surface area contributed by atoms with Gasteiger partial charge in [-0.15, -0.1) is 0 Å². The second-order valence-electron chi connectivity index (χ2n) is 4.66. The Morgan fingerprint density at radius 3 is 2.80 bits per heavy atom. The first-order valence-corrected chi connectivity index (χ1v) is 6.83. The number of esters is 1. The zero-order valence-electron chi connectivity index (χ0n) is 11.2. The first-order valence-electron chi connectivity index (χ1n) is 6.45. The van der Waals surface area contributed by atoms with Crippen LogP contribution in [-0.2, 0) is 9.53 Å². The number of rotatable bonds is 3. The van der Waals surface area contributed by atoms with Crippen molar-refractivity contribution in [3.8, 4) is 0 Å². The van der Waals surface area contributed by atoms with Gasteiger partial charge in [0.2, 0.25) is 5.91 Å². The van der Waals surface area contributed by atoms with E-state index < -0.39 is 5.97 Å². The molecule has 5 heteroatoms. The van der Waals surface area contributed by atoms with E-state index >= 15 is 0 Å². The number of nitrogens with one attached hydrogen (secondary N) is 1. The van der Waals surface area contributed by atoms with Crippen molar-refractivity contribution >= 4 is 29.2 Å². The highest BCUT2D eigenvalue weighted by Gasteiger charge is 2.19. The number of ether oxygens (including phenoxy) is 1. The van der Waals surface area contributed by atoms with E-state index in [1.165, 1.54) is 13.2 Å². The third kappa shape index (κ3) is 3.39. The second kappa shape index (κ2) is 6.57. The third-order valence-electron chi connectivity index (χ3n) is 3.28. The predicted molar refractivity (Wildman–Crippen MR) is 77.9 cm³/mol. The summed E-state index contributed by atoms with van der Waals surface area (Å²) in [6.07, 6.45) is 6.63. The maximum atomic E-state index is 12.1. The molecule has 0 aliphatic heterocycles. The zero-order valence-corrected chi connectivity index (χ0v) is 11.9. The monoisotopic (exact) mass is 293 g/mol. The maximum absolute atomic E-state index is 12.1. The molecule has 0 fully saturated rings. The summed E-state index contributed by atoms with van der Waals surface area (Å²) >= 11 is 5.93. The summed E-state index contributed by atoms with van der Waals surface area (Å²) in [6, 6.07) is 4.78. The van der Waals surface area contributed by atoms with E-state index in [0.717, 1.165) is 19.3 Å². The van der Waals surface area contributed by atoms with Gasteiger partial charge < -0.3 is 10.1 Å². The number of carbonyl (C=O) groups excluding carboxylic acids is 2. The number of benzene rings is 1. The van der Waals surface area contributed by atoms with Gasteiger partial charge in [-0.1, -0.05) is 23.8 Å². The Balaban J connectivity index is 2.11. The minimum atomic E-state index is -0.522. The molecule has 0 saturated heterocycles. The number of allylic oxidation sites excluding steroid dienone is 2. The minimum absolute atomic E-state index is 0.0164. The smallest absolute Gasteiger partial charge is 0.339 e. The topological polar surface area (TPSA) is 55.4 Å². The predicted octanol–water partition coefficient (Wildman–Crippen LogP) is 3.42. The molecule has 1 N–H and O–H groups in total. The number of amides is 1. The van der Waals surface area contributed by atoms with Gasteiger partial charge in [0.05, 0.1) is 17.7 Å². The van der Waals surface area contributed by atoms with Gasteiger partial charge in [-0.3, -0.25) is 4.79 Å². The molecule has 20 heavy (non-hydrogen) atoms. The van der Waals surface area contributed by atoms with Crippen LogP contribution >= 0.6 is 11.6 Å². The largest absolute Gasteiger partial charge is 0.465 e. The SMILES string of the molecule is COC(=O)c1cc(NC(=O)C2CC=CCC2)ccc1Cl. The summed E-state index contributed by atoms with van der Waals surface area (Å²) in [6.45, 7) is 0. The molecule has 1 aromatic carbocycles. The van der Waals surface area contributed by atoms with Crippen molar-refractivity contribution < 1.29 is 14.3 Å². The lowest BCUT2D eigenvalue weighted by Gasteiger charge is -2.17. The Morgan fingerprint density at radius 1 is 1.35 bits per heavy atom. The quantitative estimate of drug-likeness (QED) is 0.686. The summed E-state index contributed by atoms with van der Waals surface area (Å²) in [5, 5.41) is 3.12. The van der Waals surface area contributed by atoms with Crippen LogP contribution in [0.25, 0.3) is 0 Å². The highest BCUT2D eigenvalue weighted by atomic mass is 35.5. The minimum Gasteiger partial charge on any atom is -0.465 e. The summed E-state index contributed by atoms with van der Waals surface area (Å²) in [5.41, 5.74) is 0.796. The fraction of sp³-hybridized carbons (Fsp3) is 0.333. The molecule has 0 aromatic heterocycles. The van der Waals surface area contributed by atoms with Crippen molar-refractivity contribution in [3.63, 3.8) is 0 Å². The Morgan fingerprint density at radius 2 is 2.15 bits per heavy atom. The first kappa shape index (κ1) is 14.6. The van der Waals surface area contributed by atoms with Crippen LogP contribution in [0.15, 0.2) is 30.4 Å². The molecule has 4 nitrogen and oxygen atoms in total. The molecule has 106 valence electrons. The lowest BCUT2D eigenvalue weighted by Crippen LogP contribution is -2.23. The van der Waals surface area contributed by atoms with Gasteiger partial charge in [0.25, 0.3) is 0 Å². The number of anilines is 1. The lowest BCUT2D eigenvalue weighted by atomic mass is 9.93. The van der Waals surface area contributed by atoms with Crippen LogP contribution in [0.5, 0.6) is 0 Å². The zero-order chi connectivity index (χ0) is 14.5.